The minimum absolute atomic E-state index is 0.0305. The summed E-state index contributed by atoms with van der Waals surface area (Å²) in [5.74, 6) is 2.14. The fraction of sp³-hybridized carbons (Fsp3) is 0.414. The third kappa shape index (κ3) is 6.06. The molecule has 0 unspecified atom stereocenters. The van der Waals surface area contributed by atoms with E-state index in [1.54, 1.807) is 19.4 Å². The number of pyridine rings is 1. The SMILES string of the molecule is COc1ccc2ncc(C)c([C@@H](F)CCC3(CO)CCN(CC#Cc4cc(F)c(F)c(F)c4)CC3)c2c1. The molecule has 3 aromatic rings. The molecule has 4 nitrogen and oxygen atoms in total. The predicted molar refractivity (Wildman–Crippen MR) is 135 cm³/mol. The van der Waals surface area contributed by atoms with Crippen molar-refractivity contribution in [1.82, 2.24) is 9.88 Å². The summed E-state index contributed by atoms with van der Waals surface area (Å²) in [7, 11) is 1.57. The van der Waals surface area contributed by atoms with Crippen molar-refractivity contribution < 1.29 is 27.4 Å². The number of ether oxygens (including phenoxy) is 1. The average Bonchev–Trinajstić information content (AvgIpc) is 2.90. The summed E-state index contributed by atoms with van der Waals surface area (Å²) in [6.07, 6.45) is 2.65. The Labute approximate surface area is 214 Å². The average molecular weight is 515 g/mol. The molecule has 1 fully saturated rings. The van der Waals surface area contributed by atoms with E-state index in [1.807, 2.05) is 19.1 Å². The lowest BCUT2D eigenvalue weighted by atomic mass is 9.74. The molecule has 1 N–H and O–H groups in total. The number of hydrogen-bond acceptors (Lipinski definition) is 4. The molecule has 196 valence electrons. The van der Waals surface area contributed by atoms with Gasteiger partial charge < -0.3 is 9.84 Å². The van der Waals surface area contributed by atoms with Crippen LogP contribution >= 0.6 is 0 Å². The fourth-order valence-corrected chi connectivity index (χ4v) is 4.97. The summed E-state index contributed by atoms with van der Waals surface area (Å²) in [5.41, 5.74) is 1.79. The molecule has 0 spiro atoms. The Balaban J connectivity index is 1.37. The Morgan fingerprint density at radius 3 is 2.49 bits per heavy atom. The van der Waals surface area contributed by atoms with Crippen LogP contribution in [0.2, 0.25) is 0 Å². The van der Waals surface area contributed by atoms with Crippen molar-refractivity contribution in [1.29, 1.82) is 0 Å². The molecule has 0 amide bonds. The van der Waals surface area contributed by atoms with E-state index in [1.165, 1.54) is 0 Å². The van der Waals surface area contributed by atoms with E-state index < -0.39 is 23.6 Å². The van der Waals surface area contributed by atoms with Crippen molar-refractivity contribution in [2.75, 3.05) is 33.4 Å². The number of aryl methyl sites for hydroxylation is 1. The minimum Gasteiger partial charge on any atom is -0.497 e. The molecule has 0 aliphatic carbocycles. The van der Waals surface area contributed by atoms with Gasteiger partial charge in [0.25, 0.3) is 0 Å². The van der Waals surface area contributed by atoms with Gasteiger partial charge in [-0.3, -0.25) is 9.88 Å². The molecule has 37 heavy (non-hydrogen) atoms. The first kappa shape index (κ1) is 26.9. The molecule has 4 rings (SSSR count). The first-order valence-corrected chi connectivity index (χ1v) is 12.3. The molecule has 8 heteroatoms. The summed E-state index contributed by atoms with van der Waals surface area (Å²) >= 11 is 0. The largest absolute Gasteiger partial charge is 0.497 e. The number of aliphatic hydroxyl groups is 1. The molecule has 1 atom stereocenters. The number of benzene rings is 2. The number of alkyl halides is 1. The molecule has 2 aromatic carbocycles. The van der Waals surface area contributed by atoms with Crippen molar-refractivity contribution >= 4 is 10.9 Å². The monoisotopic (exact) mass is 514 g/mol. The minimum atomic E-state index is -1.51. The van der Waals surface area contributed by atoms with Crippen LogP contribution in [-0.2, 0) is 0 Å². The zero-order chi connectivity index (χ0) is 26.6. The predicted octanol–water partition coefficient (Wildman–Crippen LogP) is 5.89. The van der Waals surface area contributed by atoms with Crippen molar-refractivity contribution in [2.24, 2.45) is 5.41 Å². The van der Waals surface area contributed by atoms with E-state index in [2.05, 4.69) is 21.7 Å². The van der Waals surface area contributed by atoms with Gasteiger partial charge >= 0.3 is 0 Å². The van der Waals surface area contributed by atoms with Crippen molar-refractivity contribution in [3.8, 4) is 17.6 Å². The Morgan fingerprint density at radius 2 is 1.84 bits per heavy atom. The number of rotatable bonds is 7. The maximum absolute atomic E-state index is 15.7. The van der Waals surface area contributed by atoms with Crippen molar-refractivity contribution in [2.45, 2.75) is 38.8 Å². The number of hydrogen-bond donors (Lipinski definition) is 1. The summed E-state index contributed by atoms with van der Waals surface area (Å²) in [6.45, 7) is 3.51. The maximum atomic E-state index is 15.7. The zero-order valence-corrected chi connectivity index (χ0v) is 21.0. The summed E-state index contributed by atoms with van der Waals surface area (Å²) in [5, 5.41) is 10.9. The topological polar surface area (TPSA) is 45.6 Å². The van der Waals surface area contributed by atoms with Gasteiger partial charge in [0.15, 0.2) is 17.5 Å². The standard InChI is InChI=1S/C29H30F4N2O2/c1-19-17-34-26-6-5-21(37-2)16-22(26)27(19)23(30)7-8-29(18-36)9-12-35(13-10-29)11-3-4-20-14-24(31)28(33)25(32)15-20/h5-6,14-17,23,36H,7-13,18H2,1-2H3/t23-/m0/s1. The van der Waals surface area contributed by atoms with Gasteiger partial charge in [0.2, 0.25) is 0 Å². The van der Waals surface area contributed by atoms with Gasteiger partial charge in [-0.25, -0.2) is 17.6 Å². The lowest BCUT2D eigenvalue weighted by Gasteiger charge is -2.40. The van der Waals surface area contributed by atoms with Crippen LogP contribution in [0.1, 0.15) is 48.5 Å². The molecule has 2 heterocycles. The smallest absolute Gasteiger partial charge is 0.194 e. The summed E-state index contributed by atoms with van der Waals surface area (Å²) in [6, 6.07) is 7.18. The van der Waals surface area contributed by atoms with Crippen LogP contribution in [0.5, 0.6) is 5.75 Å². The number of piperidine rings is 1. The van der Waals surface area contributed by atoms with Crippen LogP contribution < -0.4 is 4.74 Å². The Morgan fingerprint density at radius 1 is 1.14 bits per heavy atom. The van der Waals surface area contributed by atoms with Gasteiger partial charge in [-0.15, -0.1) is 0 Å². The number of likely N-dealkylation sites (tertiary alicyclic amines) is 1. The number of aliphatic hydroxyl groups excluding tert-OH is 1. The molecule has 1 aromatic heterocycles. The first-order valence-electron chi connectivity index (χ1n) is 12.3. The Bertz CT molecular complexity index is 1300. The van der Waals surface area contributed by atoms with Crippen LogP contribution in [-0.4, -0.2) is 48.3 Å². The van der Waals surface area contributed by atoms with Crippen molar-refractivity contribution in [3.05, 3.63) is 70.7 Å². The van der Waals surface area contributed by atoms with Crippen LogP contribution in [0.15, 0.2) is 36.5 Å². The molecular formula is C29H30F4N2O2. The van der Waals surface area contributed by atoms with Gasteiger partial charge in [0, 0.05) is 23.8 Å². The number of fused-ring (bicyclic) bond motifs is 1. The third-order valence-electron chi connectivity index (χ3n) is 7.33. The highest BCUT2D eigenvalue weighted by atomic mass is 19.2. The van der Waals surface area contributed by atoms with E-state index >= 15 is 4.39 Å². The molecular weight excluding hydrogens is 484 g/mol. The lowest BCUT2D eigenvalue weighted by Crippen LogP contribution is -2.42. The Kier molecular flexibility index (Phi) is 8.35. The van der Waals surface area contributed by atoms with E-state index in [9.17, 15) is 18.3 Å². The molecule has 0 radical (unpaired) electrons. The highest BCUT2D eigenvalue weighted by Crippen LogP contribution is 2.40. The second-order valence-corrected chi connectivity index (χ2v) is 9.73. The molecule has 0 saturated carbocycles. The van der Waals surface area contributed by atoms with Crippen LogP contribution in [0.4, 0.5) is 17.6 Å². The normalized spacial score (nSPS) is 16.3. The van der Waals surface area contributed by atoms with Gasteiger partial charge in [-0.2, -0.15) is 0 Å². The second-order valence-electron chi connectivity index (χ2n) is 9.73. The quantitative estimate of drug-likeness (QED) is 0.243. The lowest BCUT2D eigenvalue weighted by molar-refractivity contribution is 0.0344. The summed E-state index contributed by atoms with van der Waals surface area (Å²) < 4.78 is 60.8. The first-order chi connectivity index (χ1) is 17.7. The fourth-order valence-electron chi connectivity index (χ4n) is 4.97. The van der Waals surface area contributed by atoms with Crippen LogP contribution in [0.3, 0.4) is 0 Å². The van der Waals surface area contributed by atoms with Gasteiger partial charge in [0.1, 0.15) is 11.9 Å². The molecule has 1 saturated heterocycles. The van der Waals surface area contributed by atoms with E-state index in [-0.39, 0.29) is 24.0 Å². The molecule has 0 bridgehead atoms. The highest BCUT2D eigenvalue weighted by Gasteiger charge is 2.34. The summed E-state index contributed by atoms with van der Waals surface area (Å²) in [4.78, 5) is 6.49. The van der Waals surface area contributed by atoms with Crippen LogP contribution in [0, 0.1) is 41.6 Å². The zero-order valence-electron chi connectivity index (χ0n) is 21.0. The van der Waals surface area contributed by atoms with Gasteiger partial charge in [0.05, 0.1) is 19.2 Å². The highest BCUT2D eigenvalue weighted by molar-refractivity contribution is 5.84. The van der Waals surface area contributed by atoms with Gasteiger partial charge in [-0.05, 0) is 92.6 Å². The number of halogens is 4. The molecule has 1 aliphatic heterocycles. The maximum Gasteiger partial charge on any atom is 0.194 e. The number of nitrogens with zero attached hydrogens (tertiary/aromatic N) is 2. The van der Waals surface area contributed by atoms with E-state index in [0.717, 1.165) is 23.1 Å². The van der Waals surface area contributed by atoms with Gasteiger partial charge in [-0.1, -0.05) is 11.8 Å². The van der Waals surface area contributed by atoms with E-state index in [4.69, 9.17) is 4.74 Å². The van der Waals surface area contributed by atoms with Crippen LogP contribution in [0.25, 0.3) is 10.9 Å². The Hall–Kier alpha value is -3.15. The van der Waals surface area contributed by atoms with Crippen molar-refractivity contribution in [3.63, 3.8) is 0 Å². The second kappa shape index (κ2) is 11.5. The number of aromatic nitrogens is 1. The third-order valence-corrected chi connectivity index (χ3v) is 7.33. The van der Waals surface area contributed by atoms with E-state index in [0.29, 0.717) is 55.7 Å². The number of methoxy groups -OCH3 is 1. The molecule has 1 aliphatic rings.